The Morgan fingerprint density at radius 2 is 1.86 bits per heavy atom. The maximum absolute atomic E-state index is 13.9. The van der Waals surface area contributed by atoms with Crippen molar-refractivity contribution in [1.82, 2.24) is 15.1 Å². The highest BCUT2D eigenvalue weighted by molar-refractivity contribution is 8.02. The minimum Gasteiger partial charge on any atom is -0.396 e. The standard InChI is InChI=1S/C27H38N4O5S/c32-16-6-2-5-12-31-23(25(34)28-11-13-30-14-17-36-18-15-30)27-10-9-20(37-27)21(22(27)26(31)35)24(33)29-19-7-3-1-4-8-19/h1,3-4,7-8,20-23,32H,2,5-6,9-18H2,(H,28,34)(H,29,33)/t20-,21+,22-,23?,27?/m0/s1. The molecule has 5 atom stereocenters. The first kappa shape index (κ1) is 26.5. The SMILES string of the molecule is O=C(NCCN1CCOCC1)C1N(CCCCCO)C(=O)[C@@H]2[C@H](C(=O)Nc3ccccc3)[C@@H]3CCC12S3. The topological polar surface area (TPSA) is 111 Å². The number of carbonyl (C=O) groups excluding carboxylic acids is 3. The molecular weight excluding hydrogens is 492 g/mol. The number of benzene rings is 1. The first-order valence-electron chi connectivity index (χ1n) is 13.6. The molecule has 10 heteroatoms. The van der Waals surface area contributed by atoms with E-state index < -0.39 is 22.6 Å². The summed E-state index contributed by atoms with van der Waals surface area (Å²) >= 11 is 1.69. The number of morpholine rings is 1. The Morgan fingerprint density at radius 3 is 2.62 bits per heavy atom. The Balaban J connectivity index is 1.33. The van der Waals surface area contributed by atoms with Crippen LogP contribution in [0.4, 0.5) is 5.69 Å². The molecule has 0 radical (unpaired) electrons. The zero-order chi connectivity index (χ0) is 25.8. The Bertz CT molecular complexity index is 975. The third kappa shape index (κ3) is 5.26. The van der Waals surface area contributed by atoms with E-state index in [2.05, 4.69) is 15.5 Å². The molecule has 9 nitrogen and oxygen atoms in total. The third-order valence-corrected chi connectivity index (χ3v) is 10.2. The van der Waals surface area contributed by atoms with Crippen molar-refractivity contribution < 1.29 is 24.2 Å². The summed E-state index contributed by atoms with van der Waals surface area (Å²) in [5, 5.41) is 15.4. The summed E-state index contributed by atoms with van der Waals surface area (Å²) < 4.78 is 4.84. The van der Waals surface area contributed by atoms with Crippen LogP contribution in [0.25, 0.3) is 0 Å². The zero-order valence-electron chi connectivity index (χ0n) is 21.3. The van der Waals surface area contributed by atoms with E-state index in [-0.39, 0.29) is 29.6 Å². The number of likely N-dealkylation sites (tertiary alicyclic amines) is 1. The smallest absolute Gasteiger partial charge is 0.244 e. The lowest BCUT2D eigenvalue weighted by atomic mass is 9.70. The normalized spacial score (nSPS) is 30.9. The van der Waals surface area contributed by atoms with Crippen LogP contribution >= 0.6 is 11.8 Å². The number of rotatable bonds is 11. The highest BCUT2D eigenvalue weighted by Gasteiger charge is 2.73. The van der Waals surface area contributed by atoms with Crippen LogP contribution in [0.2, 0.25) is 0 Å². The molecule has 4 fully saturated rings. The molecule has 0 aromatic heterocycles. The van der Waals surface area contributed by atoms with Crippen molar-refractivity contribution in [2.45, 2.75) is 48.1 Å². The minimum atomic E-state index is -0.576. The van der Waals surface area contributed by atoms with E-state index in [1.54, 1.807) is 16.7 Å². The number of fused-ring (bicyclic) bond motifs is 1. The summed E-state index contributed by atoms with van der Waals surface area (Å²) in [7, 11) is 0. The summed E-state index contributed by atoms with van der Waals surface area (Å²) in [5.41, 5.74) is 0.720. The van der Waals surface area contributed by atoms with Gasteiger partial charge in [0, 0.05) is 50.3 Å². The van der Waals surface area contributed by atoms with E-state index in [1.165, 1.54) is 0 Å². The van der Waals surface area contributed by atoms with Gasteiger partial charge < -0.3 is 25.4 Å². The summed E-state index contributed by atoms with van der Waals surface area (Å²) in [5.74, 6) is -1.24. The van der Waals surface area contributed by atoms with E-state index >= 15 is 0 Å². The van der Waals surface area contributed by atoms with Crippen molar-refractivity contribution in [3.8, 4) is 0 Å². The number of hydrogen-bond acceptors (Lipinski definition) is 7. The molecule has 3 N–H and O–H groups in total. The van der Waals surface area contributed by atoms with Gasteiger partial charge in [0.15, 0.2) is 0 Å². The second-order valence-corrected chi connectivity index (χ2v) is 12.1. The first-order valence-corrected chi connectivity index (χ1v) is 14.5. The Hall–Kier alpha value is -2.14. The molecular formula is C27H38N4O5S. The van der Waals surface area contributed by atoms with Crippen LogP contribution in [0, 0.1) is 11.8 Å². The molecule has 2 unspecified atom stereocenters. The number of hydrogen-bond donors (Lipinski definition) is 3. The van der Waals surface area contributed by atoms with Gasteiger partial charge in [0.2, 0.25) is 17.7 Å². The number of unbranched alkanes of at least 4 members (excludes halogenated alkanes) is 2. The molecule has 4 aliphatic heterocycles. The molecule has 1 aromatic carbocycles. The molecule has 0 aliphatic carbocycles. The van der Waals surface area contributed by atoms with Crippen molar-refractivity contribution in [3.63, 3.8) is 0 Å². The fraction of sp³-hybridized carbons (Fsp3) is 0.667. The molecule has 1 aromatic rings. The van der Waals surface area contributed by atoms with E-state index in [1.807, 2.05) is 30.3 Å². The highest BCUT2D eigenvalue weighted by Crippen LogP contribution is 2.66. The Labute approximate surface area is 222 Å². The van der Waals surface area contributed by atoms with Crippen molar-refractivity contribution in [2.75, 3.05) is 57.9 Å². The number of amides is 3. The van der Waals surface area contributed by atoms with Crippen LogP contribution < -0.4 is 10.6 Å². The van der Waals surface area contributed by atoms with Crippen LogP contribution in [-0.4, -0.2) is 101 Å². The quantitative estimate of drug-likeness (QED) is 0.370. The molecule has 0 saturated carbocycles. The van der Waals surface area contributed by atoms with Crippen LogP contribution in [-0.2, 0) is 19.1 Å². The van der Waals surface area contributed by atoms with E-state index in [0.717, 1.165) is 51.0 Å². The number of carbonyl (C=O) groups is 3. The highest BCUT2D eigenvalue weighted by atomic mass is 32.2. The fourth-order valence-corrected chi connectivity index (χ4v) is 8.79. The van der Waals surface area contributed by atoms with Crippen molar-refractivity contribution >= 4 is 35.2 Å². The number of aliphatic hydroxyl groups is 1. The molecule has 1 spiro atoms. The Morgan fingerprint density at radius 1 is 1.08 bits per heavy atom. The molecule has 4 heterocycles. The molecule has 37 heavy (non-hydrogen) atoms. The first-order chi connectivity index (χ1) is 18.0. The van der Waals surface area contributed by atoms with Crippen molar-refractivity contribution in [3.05, 3.63) is 30.3 Å². The number of nitrogens with zero attached hydrogens (tertiary/aromatic N) is 2. The number of aliphatic hydroxyl groups excluding tert-OH is 1. The summed E-state index contributed by atoms with van der Waals surface area (Å²) in [6.07, 6.45) is 3.78. The predicted molar refractivity (Wildman–Crippen MR) is 142 cm³/mol. The average Bonchev–Trinajstić information content (AvgIpc) is 3.55. The lowest BCUT2D eigenvalue weighted by molar-refractivity contribution is -0.139. The lowest BCUT2D eigenvalue weighted by Gasteiger charge is -2.34. The average molecular weight is 531 g/mol. The van der Waals surface area contributed by atoms with E-state index in [9.17, 15) is 19.5 Å². The van der Waals surface area contributed by atoms with Crippen LogP contribution in [0.3, 0.4) is 0 Å². The second kappa shape index (κ2) is 11.7. The lowest BCUT2D eigenvalue weighted by Crippen LogP contribution is -2.54. The minimum absolute atomic E-state index is 0.0397. The summed E-state index contributed by atoms with van der Waals surface area (Å²) in [6.45, 7) is 4.99. The van der Waals surface area contributed by atoms with Crippen LogP contribution in [0.5, 0.6) is 0 Å². The van der Waals surface area contributed by atoms with Gasteiger partial charge in [-0.1, -0.05) is 18.2 Å². The van der Waals surface area contributed by atoms with Gasteiger partial charge >= 0.3 is 0 Å². The van der Waals surface area contributed by atoms with Crippen LogP contribution in [0.1, 0.15) is 32.1 Å². The molecule has 5 rings (SSSR count). The Kier molecular flexibility index (Phi) is 8.38. The molecule has 4 saturated heterocycles. The largest absolute Gasteiger partial charge is 0.396 e. The summed E-state index contributed by atoms with van der Waals surface area (Å²) in [6, 6.07) is 8.77. The van der Waals surface area contributed by atoms with E-state index in [4.69, 9.17) is 4.74 Å². The summed E-state index contributed by atoms with van der Waals surface area (Å²) in [4.78, 5) is 45.2. The predicted octanol–water partition coefficient (Wildman–Crippen LogP) is 1.33. The van der Waals surface area contributed by atoms with Crippen molar-refractivity contribution in [2.24, 2.45) is 11.8 Å². The van der Waals surface area contributed by atoms with Crippen LogP contribution in [0.15, 0.2) is 30.3 Å². The van der Waals surface area contributed by atoms with Gasteiger partial charge in [0.1, 0.15) is 6.04 Å². The van der Waals surface area contributed by atoms with E-state index in [0.29, 0.717) is 32.7 Å². The second-order valence-electron chi connectivity index (χ2n) is 10.5. The number of anilines is 1. The maximum Gasteiger partial charge on any atom is 0.244 e. The number of para-hydroxylation sites is 1. The molecule has 3 amide bonds. The molecule has 4 aliphatic rings. The van der Waals surface area contributed by atoms with Gasteiger partial charge in [-0.3, -0.25) is 19.3 Å². The number of ether oxygens (including phenoxy) is 1. The third-order valence-electron chi connectivity index (χ3n) is 8.28. The molecule has 202 valence electrons. The monoisotopic (exact) mass is 530 g/mol. The van der Waals surface area contributed by atoms with Gasteiger partial charge in [-0.05, 0) is 44.2 Å². The maximum atomic E-state index is 13.9. The van der Waals surface area contributed by atoms with Gasteiger partial charge in [-0.2, -0.15) is 0 Å². The van der Waals surface area contributed by atoms with Gasteiger partial charge in [-0.25, -0.2) is 0 Å². The van der Waals surface area contributed by atoms with Gasteiger partial charge in [0.05, 0.1) is 29.8 Å². The number of nitrogens with one attached hydrogen (secondary N) is 2. The van der Waals surface area contributed by atoms with Gasteiger partial charge in [0.25, 0.3) is 0 Å². The zero-order valence-corrected chi connectivity index (χ0v) is 22.1. The van der Waals surface area contributed by atoms with Crippen molar-refractivity contribution in [1.29, 1.82) is 0 Å². The van der Waals surface area contributed by atoms with Gasteiger partial charge in [-0.15, -0.1) is 11.8 Å². The number of thioether (sulfide) groups is 1. The fourth-order valence-electron chi connectivity index (χ4n) is 6.57. The molecule has 2 bridgehead atoms.